The number of carbonyl (C=O) groups is 1. The summed E-state index contributed by atoms with van der Waals surface area (Å²) in [7, 11) is 0. The van der Waals surface area contributed by atoms with Crippen LogP contribution in [0.15, 0.2) is 10.6 Å². The van der Waals surface area contributed by atoms with Gasteiger partial charge in [0.2, 0.25) is 0 Å². The van der Waals surface area contributed by atoms with E-state index in [1.165, 1.54) is 0 Å². The van der Waals surface area contributed by atoms with Crippen molar-refractivity contribution in [2.45, 2.75) is 57.9 Å². The first kappa shape index (κ1) is 15.8. The lowest BCUT2D eigenvalue weighted by Crippen LogP contribution is -2.45. The second kappa shape index (κ2) is 6.47. The van der Waals surface area contributed by atoms with Crippen molar-refractivity contribution >= 4 is 11.8 Å². The van der Waals surface area contributed by atoms with Crippen molar-refractivity contribution in [1.82, 2.24) is 10.5 Å². The van der Waals surface area contributed by atoms with Gasteiger partial charge in [-0.15, -0.1) is 0 Å². The summed E-state index contributed by atoms with van der Waals surface area (Å²) < 4.78 is 5.23. The largest absolute Gasteiger partial charge is 0.396 e. The third-order valence-electron chi connectivity index (χ3n) is 3.95. The summed E-state index contributed by atoms with van der Waals surface area (Å²) in [5.74, 6) is 1.28. The average Bonchev–Trinajstić information content (AvgIpc) is 2.87. The SMILES string of the molecule is CC(C)(C)c1cc(NC(=O)N[C@H]2CCCC[C@H]2CO)no1. The number of aliphatic hydroxyl groups is 1. The molecule has 6 heteroatoms. The lowest BCUT2D eigenvalue weighted by atomic mass is 9.85. The van der Waals surface area contributed by atoms with Crippen LogP contribution in [0.2, 0.25) is 0 Å². The molecule has 2 amide bonds. The molecule has 1 aliphatic carbocycles. The monoisotopic (exact) mass is 295 g/mol. The molecule has 1 fully saturated rings. The molecule has 0 saturated heterocycles. The number of urea groups is 1. The highest BCUT2D eigenvalue weighted by Crippen LogP contribution is 2.25. The zero-order valence-electron chi connectivity index (χ0n) is 13.0. The summed E-state index contributed by atoms with van der Waals surface area (Å²) >= 11 is 0. The van der Waals surface area contributed by atoms with Crippen LogP contribution < -0.4 is 10.6 Å². The van der Waals surface area contributed by atoms with Gasteiger partial charge >= 0.3 is 6.03 Å². The molecule has 6 nitrogen and oxygen atoms in total. The van der Waals surface area contributed by atoms with Crippen molar-refractivity contribution in [3.63, 3.8) is 0 Å². The van der Waals surface area contributed by atoms with E-state index in [1.54, 1.807) is 6.07 Å². The maximum atomic E-state index is 12.0. The maximum absolute atomic E-state index is 12.0. The van der Waals surface area contributed by atoms with E-state index in [-0.39, 0.29) is 30.0 Å². The molecule has 2 rings (SSSR count). The Morgan fingerprint density at radius 3 is 2.76 bits per heavy atom. The Balaban J connectivity index is 1.91. The van der Waals surface area contributed by atoms with Crippen LogP contribution in [0.4, 0.5) is 10.6 Å². The third kappa shape index (κ3) is 4.20. The van der Waals surface area contributed by atoms with Crippen molar-refractivity contribution < 1.29 is 14.4 Å². The number of aliphatic hydroxyl groups excluding tert-OH is 1. The van der Waals surface area contributed by atoms with Gasteiger partial charge in [-0.3, -0.25) is 5.32 Å². The van der Waals surface area contributed by atoms with Crippen molar-refractivity contribution in [3.05, 3.63) is 11.8 Å². The summed E-state index contributed by atoms with van der Waals surface area (Å²) in [5, 5.41) is 18.8. The Labute approximate surface area is 125 Å². The molecular formula is C15H25N3O3. The zero-order valence-corrected chi connectivity index (χ0v) is 13.0. The quantitative estimate of drug-likeness (QED) is 0.800. The average molecular weight is 295 g/mol. The minimum absolute atomic E-state index is 0.0257. The topological polar surface area (TPSA) is 87.4 Å². The summed E-state index contributed by atoms with van der Waals surface area (Å²) in [5.41, 5.74) is -0.144. The van der Waals surface area contributed by atoms with Gasteiger partial charge in [0.25, 0.3) is 0 Å². The minimum Gasteiger partial charge on any atom is -0.396 e. The number of anilines is 1. The van der Waals surface area contributed by atoms with Crippen molar-refractivity contribution in [1.29, 1.82) is 0 Å². The zero-order chi connectivity index (χ0) is 15.5. The minimum atomic E-state index is -0.297. The van der Waals surface area contributed by atoms with Crippen molar-refractivity contribution in [3.8, 4) is 0 Å². The molecule has 118 valence electrons. The van der Waals surface area contributed by atoms with Crippen molar-refractivity contribution in [2.75, 3.05) is 11.9 Å². The molecule has 1 heterocycles. The highest BCUT2D eigenvalue weighted by Gasteiger charge is 2.26. The number of rotatable bonds is 3. The number of hydrogen-bond acceptors (Lipinski definition) is 4. The number of amides is 2. The Hall–Kier alpha value is -1.56. The third-order valence-corrected chi connectivity index (χ3v) is 3.95. The van der Waals surface area contributed by atoms with Crippen molar-refractivity contribution in [2.24, 2.45) is 5.92 Å². The van der Waals surface area contributed by atoms with E-state index in [0.29, 0.717) is 5.82 Å². The number of hydrogen-bond donors (Lipinski definition) is 3. The predicted octanol–water partition coefficient (Wildman–Crippen LogP) is 2.64. The van der Waals surface area contributed by atoms with E-state index >= 15 is 0 Å². The fourth-order valence-corrected chi connectivity index (χ4v) is 2.62. The normalized spacial score (nSPS) is 22.9. The van der Waals surface area contributed by atoms with Crippen LogP contribution >= 0.6 is 0 Å². The van der Waals surface area contributed by atoms with Crippen LogP contribution in [0.3, 0.4) is 0 Å². The fraction of sp³-hybridized carbons (Fsp3) is 0.733. The van der Waals surface area contributed by atoms with E-state index in [2.05, 4.69) is 15.8 Å². The van der Waals surface area contributed by atoms with Crippen LogP contribution in [-0.2, 0) is 5.41 Å². The molecule has 0 aromatic carbocycles. The number of aromatic nitrogens is 1. The smallest absolute Gasteiger partial charge is 0.320 e. The van der Waals surface area contributed by atoms with E-state index in [0.717, 1.165) is 31.4 Å². The molecule has 0 spiro atoms. The van der Waals surface area contributed by atoms with Gasteiger partial charge in [-0.1, -0.05) is 38.8 Å². The molecule has 3 N–H and O–H groups in total. The molecule has 0 unspecified atom stereocenters. The van der Waals surface area contributed by atoms with Gasteiger partial charge in [0.05, 0.1) is 0 Å². The Morgan fingerprint density at radius 1 is 1.43 bits per heavy atom. The van der Waals surface area contributed by atoms with Gasteiger partial charge in [0, 0.05) is 30.0 Å². The summed E-state index contributed by atoms with van der Waals surface area (Å²) in [4.78, 5) is 12.0. The lowest BCUT2D eigenvalue weighted by Gasteiger charge is -2.30. The van der Waals surface area contributed by atoms with Gasteiger partial charge in [-0.2, -0.15) is 0 Å². The first-order valence-electron chi connectivity index (χ1n) is 7.55. The molecule has 2 atom stereocenters. The molecule has 21 heavy (non-hydrogen) atoms. The van der Waals surface area contributed by atoms with Crippen LogP contribution in [-0.4, -0.2) is 28.9 Å². The second-order valence-corrected chi connectivity index (χ2v) is 6.76. The number of nitrogens with one attached hydrogen (secondary N) is 2. The van der Waals surface area contributed by atoms with Crippen LogP contribution in [0.25, 0.3) is 0 Å². The van der Waals surface area contributed by atoms with Gasteiger partial charge in [-0.05, 0) is 12.8 Å². The first-order chi connectivity index (χ1) is 9.90. The van der Waals surface area contributed by atoms with Crippen LogP contribution in [0.1, 0.15) is 52.2 Å². The van der Waals surface area contributed by atoms with Crippen LogP contribution in [0.5, 0.6) is 0 Å². The second-order valence-electron chi connectivity index (χ2n) is 6.76. The number of nitrogens with zero attached hydrogens (tertiary/aromatic N) is 1. The summed E-state index contributed by atoms with van der Waals surface area (Å²) in [6, 6.07) is 1.47. The maximum Gasteiger partial charge on any atom is 0.320 e. The summed E-state index contributed by atoms with van der Waals surface area (Å²) in [6.45, 7) is 6.17. The standard InChI is InChI=1S/C15H25N3O3/c1-15(2,3)12-8-13(18-21-12)17-14(20)16-11-7-5-4-6-10(11)9-19/h8,10-11,19H,4-7,9H2,1-3H3,(H2,16,17,18,20)/t10-,11-/m0/s1. The van der Waals surface area contributed by atoms with Gasteiger partial charge in [0.1, 0.15) is 5.76 Å². The van der Waals surface area contributed by atoms with E-state index < -0.39 is 0 Å². The van der Waals surface area contributed by atoms with Gasteiger partial charge in [-0.25, -0.2) is 4.79 Å². The first-order valence-corrected chi connectivity index (χ1v) is 7.55. The Morgan fingerprint density at radius 2 is 2.14 bits per heavy atom. The van der Waals surface area contributed by atoms with Crippen LogP contribution in [0, 0.1) is 5.92 Å². The lowest BCUT2D eigenvalue weighted by molar-refractivity contribution is 0.156. The molecule has 1 saturated carbocycles. The Bertz CT molecular complexity index is 479. The van der Waals surface area contributed by atoms with Gasteiger partial charge in [0.15, 0.2) is 5.82 Å². The summed E-state index contributed by atoms with van der Waals surface area (Å²) in [6.07, 6.45) is 4.06. The molecule has 1 aliphatic rings. The molecular weight excluding hydrogens is 270 g/mol. The van der Waals surface area contributed by atoms with E-state index in [4.69, 9.17) is 4.52 Å². The molecule has 0 radical (unpaired) electrons. The molecule has 1 aromatic heterocycles. The number of carbonyl (C=O) groups excluding carboxylic acids is 1. The molecule has 1 aromatic rings. The Kier molecular flexibility index (Phi) is 4.88. The fourth-order valence-electron chi connectivity index (χ4n) is 2.62. The molecule has 0 aliphatic heterocycles. The van der Waals surface area contributed by atoms with E-state index in [9.17, 15) is 9.90 Å². The highest BCUT2D eigenvalue weighted by atomic mass is 16.5. The molecule has 0 bridgehead atoms. The van der Waals surface area contributed by atoms with E-state index in [1.807, 2.05) is 20.8 Å². The van der Waals surface area contributed by atoms with Gasteiger partial charge < -0.3 is 14.9 Å². The predicted molar refractivity (Wildman–Crippen MR) is 80.2 cm³/mol. The highest BCUT2D eigenvalue weighted by molar-refractivity contribution is 5.88.